The van der Waals surface area contributed by atoms with Gasteiger partial charge in [0.25, 0.3) is 5.91 Å². The Labute approximate surface area is 144 Å². The summed E-state index contributed by atoms with van der Waals surface area (Å²) in [4.78, 5) is 25.2. The number of amides is 1. The van der Waals surface area contributed by atoms with Crippen molar-refractivity contribution in [3.05, 3.63) is 69.9 Å². The summed E-state index contributed by atoms with van der Waals surface area (Å²) in [6.45, 7) is 2.08. The van der Waals surface area contributed by atoms with E-state index < -0.39 is 0 Å². The molecule has 0 saturated heterocycles. The fourth-order valence-corrected chi connectivity index (χ4v) is 2.73. The first kappa shape index (κ1) is 16.9. The van der Waals surface area contributed by atoms with Crippen LogP contribution in [0.2, 0.25) is 0 Å². The molecule has 0 aliphatic carbocycles. The molecular formula is C20H19NO4. The summed E-state index contributed by atoms with van der Waals surface area (Å²) in [5.41, 5.74) is 1.74. The van der Waals surface area contributed by atoms with Crippen molar-refractivity contribution in [1.29, 1.82) is 0 Å². The Kier molecular flexibility index (Phi) is 4.95. The highest BCUT2D eigenvalue weighted by Crippen LogP contribution is 2.27. The largest absolute Gasteiger partial charge is 0.455 e. The molecule has 0 fully saturated rings. The van der Waals surface area contributed by atoms with E-state index in [1.807, 2.05) is 30.3 Å². The molecule has 2 N–H and O–H groups in total. The second-order valence-corrected chi connectivity index (χ2v) is 5.77. The summed E-state index contributed by atoms with van der Waals surface area (Å²) in [6, 6.07) is 14.3. The van der Waals surface area contributed by atoms with E-state index in [2.05, 4.69) is 5.32 Å². The molecule has 128 valence electrons. The Morgan fingerprint density at radius 2 is 1.88 bits per heavy atom. The molecule has 1 heterocycles. The maximum absolute atomic E-state index is 12.7. The maximum atomic E-state index is 12.7. The van der Waals surface area contributed by atoms with E-state index in [0.29, 0.717) is 35.2 Å². The first-order valence-corrected chi connectivity index (χ1v) is 8.14. The van der Waals surface area contributed by atoms with Gasteiger partial charge in [-0.25, -0.2) is 0 Å². The van der Waals surface area contributed by atoms with E-state index in [-0.39, 0.29) is 23.5 Å². The van der Waals surface area contributed by atoms with Crippen molar-refractivity contribution in [2.45, 2.75) is 13.3 Å². The number of benzene rings is 2. The summed E-state index contributed by atoms with van der Waals surface area (Å²) in [5.74, 6) is 0.138. The van der Waals surface area contributed by atoms with Crippen molar-refractivity contribution in [1.82, 2.24) is 5.32 Å². The van der Waals surface area contributed by atoms with E-state index in [1.54, 1.807) is 25.1 Å². The molecule has 0 unspecified atom stereocenters. The monoisotopic (exact) mass is 337 g/mol. The number of carbonyl (C=O) groups is 1. The summed E-state index contributed by atoms with van der Waals surface area (Å²) >= 11 is 0. The van der Waals surface area contributed by atoms with Crippen LogP contribution in [0.1, 0.15) is 22.3 Å². The Balaban J connectivity index is 2.16. The fraction of sp³-hybridized carbons (Fsp3) is 0.200. The van der Waals surface area contributed by atoms with Gasteiger partial charge in [0.1, 0.15) is 5.76 Å². The Bertz CT molecular complexity index is 961. The minimum Gasteiger partial charge on any atom is -0.455 e. The molecule has 1 amide bonds. The normalized spacial score (nSPS) is 10.8. The van der Waals surface area contributed by atoms with E-state index in [1.165, 1.54) is 0 Å². The number of aliphatic hydroxyl groups excluding tert-OH is 1. The SMILES string of the molecule is Cc1c(-c2ccccc2)oc2c(C(=O)NCCCO)cccc2c1=O. The van der Waals surface area contributed by atoms with E-state index in [0.717, 1.165) is 5.56 Å². The zero-order chi connectivity index (χ0) is 17.8. The van der Waals surface area contributed by atoms with Crippen LogP contribution in [0.15, 0.2) is 57.7 Å². The Morgan fingerprint density at radius 1 is 1.12 bits per heavy atom. The van der Waals surface area contributed by atoms with Crippen molar-refractivity contribution < 1.29 is 14.3 Å². The Morgan fingerprint density at radius 3 is 2.60 bits per heavy atom. The van der Waals surface area contributed by atoms with Gasteiger partial charge in [0.05, 0.1) is 10.9 Å². The third kappa shape index (κ3) is 3.32. The average molecular weight is 337 g/mol. The van der Waals surface area contributed by atoms with Gasteiger partial charge in [-0.15, -0.1) is 0 Å². The van der Waals surface area contributed by atoms with Crippen LogP contribution in [-0.4, -0.2) is 24.2 Å². The Hall–Kier alpha value is -2.92. The van der Waals surface area contributed by atoms with Crippen LogP contribution in [0.25, 0.3) is 22.3 Å². The highest BCUT2D eigenvalue weighted by Gasteiger charge is 2.18. The quantitative estimate of drug-likeness (QED) is 0.702. The molecule has 0 aliphatic rings. The maximum Gasteiger partial charge on any atom is 0.255 e. The van der Waals surface area contributed by atoms with Crippen molar-refractivity contribution in [2.24, 2.45) is 0 Å². The van der Waals surface area contributed by atoms with Gasteiger partial charge < -0.3 is 14.8 Å². The molecule has 5 nitrogen and oxygen atoms in total. The van der Waals surface area contributed by atoms with Gasteiger partial charge >= 0.3 is 0 Å². The van der Waals surface area contributed by atoms with Gasteiger partial charge in [-0.05, 0) is 25.5 Å². The van der Waals surface area contributed by atoms with Gasteiger partial charge in [-0.2, -0.15) is 0 Å². The van der Waals surface area contributed by atoms with Crippen molar-refractivity contribution in [2.75, 3.05) is 13.2 Å². The second kappa shape index (κ2) is 7.32. The summed E-state index contributed by atoms with van der Waals surface area (Å²) in [6.07, 6.45) is 0.467. The van der Waals surface area contributed by atoms with E-state index >= 15 is 0 Å². The minimum absolute atomic E-state index is 0.00223. The predicted octanol–water partition coefficient (Wildman–Crippen LogP) is 2.88. The van der Waals surface area contributed by atoms with Crippen LogP contribution in [0.3, 0.4) is 0 Å². The van der Waals surface area contributed by atoms with Gasteiger partial charge in [0.15, 0.2) is 11.0 Å². The third-order valence-corrected chi connectivity index (χ3v) is 4.05. The van der Waals surface area contributed by atoms with Crippen LogP contribution < -0.4 is 10.7 Å². The topological polar surface area (TPSA) is 79.5 Å². The number of para-hydroxylation sites is 1. The molecule has 3 rings (SSSR count). The highest BCUT2D eigenvalue weighted by atomic mass is 16.3. The number of hydrogen-bond acceptors (Lipinski definition) is 4. The van der Waals surface area contributed by atoms with Crippen molar-refractivity contribution in [3.63, 3.8) is 0 Å². The number of nitrogens with one attached hydrogen (secondary N) is 1. The lowest BCUT2D eigenvalue weighted by Gasteiger charge is -2.10. The molecule has 0 radical (unpaired) electrons. The number of aliphatic hydroxyl groups is 1. The second-order valence-electron chi connectivity index (χ2n) is 5.77. The molecule has 2 aromatic carbocycles. The van der Waals surface area contributed by atoms with Gasteiger partial charge in [0, 0.05) is 24.3 Å². The van der Waals surface area contributed by atoms with Crippen LogP contribution in [0.4, 0.5) is 0 Å². The standard InChI is InChI=1S/C20H19NO4/c1-13-17(23)15-9-5-10-16(20(24)21-11-6-12-22)19(15)25-18(13)14-7-3-2-4-8-14/h2-5,7-10,22H,6,11-12H2,1H3,(H,21,24). The lowest BCUT2D eigenvalue weighted by Crippen LogP contribution is -2.25. The fourth-order valence-electron chi connectivity index (χ4n) is 2.73. The molecule has 0 atom stereocenters. The summed E-state index contributed by atoms with van der Waals surface area (Å²) in [5, 5.41) is 11.9. The molecule has 0 bridgehead atoms. The third-order valence-electron chi connectivity index (χ3n) is 4.05. The summed E-state index contributed by atoms with van der Waals surface area (Å²) in [7, 11) is 0. The highest BCUT2D eigenvalue weighted by molar-refractivity contribution is 6.05. The molecule has 0 spiro atoms. The van der Waals surface area contributed by atoms with Gasteiger partial charge in [-0.1, -0.05) is 36.4 Å². The lowest BCUT2D eigenvalue weighted by atomic mass is 10.0. The zero-order valence-electron chi connectivity index (χ0n) is 13.9. The van der Waals surface area contributed by atoms with Crippen molar-refractivity contribution in [3.8, 4) is 11.3 Å². The molecular weight excluding hydrogens is 318 g/mol. The molecule has 3 aromatic rings. The smallest absolute Gasteiger partial charge is 0.255 e. The van der Waals surface area contributed by atoms with Crippen LogP contribution in [0, 0.1) is 6.92 Å². The van der Waals surface area contributed by atoms with Gasteiger partial charge in [0.2, 0.25) is 0 Å². The van der Waals surface area contributed by atoms with E-state index in [4.69, 9.17) is 9.52 Å². The first-order valence-electron chi connectivity index (χ1n) is 8.14. The molecule has 1 aromatic heterocycles. The molecule has 0 saturated carbocycles. The lowest BCUT2D eigenvalue weighted by molar-refractivity contribution is 0.0952. The first-order chi connectivity index (χ1) is 12.1. The van der Waals surface area contributed by atoms with Crippen LogP contribution in [0.5, 0.6) is 0 Å². The number of hydrogen-bond donors (Lipinski definition) is 2. The van der Waals surface area contributed by atoms with Crippen LogP contribution in [-0.2, 0) is 0 Å². The average Bonchev–Trinajstić information content (AvgIpc) is 2.65. The molecule has 25 heavy (non-hydrogen) atoms. The number of rotatable bonds is 5. The predicted molar refractivity (Wildman–Crippen MR) is 96.7 cm³/mol. The molecule has 0 aliphatic heterocycles. The van der Waals surface area contributed by atoms with Gasteiger partial charge in [-0.3, -0.25) is 9.59 Å². The molecule has 5 heteroatoms. The summed E-state index contributed by atoms with van der Waals surface area (Å²) < 4.78 is 6.01. The number of carbonyl (C=O) groups excluding carboxylic acids is 1. The number of fused-ring (bicyclic) bond motifs is 1. The zero-order valence-corrected chi connectivity index (χ0v) is 13.9. The van der Waals surface area contributed by atoms with Crippen molar-refractivity contribution >= 4 is 16.9 Å². The van der Waals surface area contributed by atoms with Crippen LogP contribution >= 0.6 is 0 Å². The minimum atomic E-state index is -0.329. The van der Waals surface area contributed by atoms with E-state index in [9.17, 15) is 9.59 Å².